The van der Waals surface area contributed by atoms with E-state index in [0.717, 1.165) is 5.56 Å². The van der Waals surface area contributed by atoms with Crippen LogP contribution in [0.2, 0.25) is 0 Å². The van der Waals surface area contributed by atoms with Crippen molar-refractivity contribution in [3.63, 3.8) is 0 Å². The predicted molar refractivity (Wildman–Crippen MR) is 79.3 cm³/mol. The summed E-state index contributed by atoms with van der Waals surface area (Å²) in [6.45, 7) is 3.59. The second-order valence-electron chi connectivity index (χ2n) is 5.86. The second-order valence-corrected chi connectivity index (χ2v) is 5.86. The van der Waals surface area contributed by atoms with Crippen LogP contribution in [-0.4, -0.2) is 60.0 Å². The van der Waals surface area contributed by atoms with Crippen molar-refractivity contribution >= 4 is 5.91 Å². The number of aliphatic hydroxyl groups excluding tert-OH is 2. The second kappa shape index (κ2) is 6.14. The molecule has 2 N–H and O–H groups in total. The van der Waals surface area contributed by atoms with E-state index in [9.17, 15) is 15.0 Å². The number of rotatable bonds is 2. The van der Waals surface area contributed by atoms with E-state index in [0.29, 0.717) is 43.2 Å². The average molecular weight is 307 g/mol. The van der Waals surface area contributed by atoms with E-state index in [4.69, 9.17) is 9.47 Å². The van der Waals surface area contributed by atoms with Gasteiger partial charge in [-0.05, 0) is 31.0 Å². The smallest absolute Gasteiger partial charge is 0.254 e. The highest BCUT2D eigenvalue weighted by Crippen LogP contribution is 2.33. The lowest BCUT2D eigenvalue weighted by atomic mass is 9.94. The maximum Gasteiger partial charge on any atom is 0.254 e. The molecule has 1 saturated heterocycles. The minimum Gasteiger partial charge on any atom is -0.486 e. The summed E-state index contributed by atoms with van der Waals surface area (Å²) in [4.78, 5) is 14.3. The average Bonchev–Trinajstić information content (AvgIpc) is 2.53. The van der Waals surface area contributed by atoms with E-state index in [1.807, 2.05) is 13.0 Å². The highest BCUT2D eigenvalue weighted by atomic mass is 16.6. The Morgan fingerprint density at radius 2 is 2.00 bits per heavy atom. The summed E-state index contributed by atoms with van der Waals surface area (Å²) in [7, 11) is 0. The molecule has 120 valence electrons. The fourth-order valence-corrected chi connectivity index (χ4v) is 2.97. The number of benzene rings is 1. The highest BCUT2D eigenvalue weighted by molar-refractivity contribution is 5.96. The third-order valence-electron chi connectivity index (χ3n) is 4.36. The van der Waals surface area contributed by atoms with Gasteiger partial charge in [0, 0.05) is 31.2 Å². The normalized spacial score (nSPS) is 24.2. The number of hydrogen-bond donors (Lipinski definition) is 2. The van der Waals surface area contributed by atoms with Gasteiger partial charge in [-0.1, -0.05) is 0 Å². The molecule has 2 aliphatic rings. The van der Waals surface area contributed by atoms with Crippen molar-refractivity contribution in [1.29, 1.82) is 0 Å². The minimum atomic E-state index is -0.680. The summed E-state index contributed by atoms with van der Waals surface area (Å²) in [5.41, 5.74) is 1.40. The van der Waals surface area contributed by atoms with E-state index in [-0.39, 0.29) is 25.0 Å². The Labute approximate surface area is 129 Å². The number of hydrogen-bond acceptors (Lipinski definition) is 5. The quantitative estimate of drug-likeness (QED) is 0.835. The van der Waals surface area contributed by atoms with Crippen LogP contribution in [0.15, 0.2) is 12.1 Å². The molecule has 0 saturated carbocycles. The van der Waals surface area contributed by atoms with Gasteiger partial charge >= 0.3 is 0 Å². The molecule has 0 unspecified atom stereocenters. The molecule has 0 aromatic heterocycles. The van der Waals surface area contributed by atoms with Crippen LogP contribution < -0.4 is 9.47 Å². The molecule has 1 fully saturated rings. The Morgan fingerprint density at radius 3 is 2.64 bits per heavy atom. The summed E-state index contributed by atoms with van der Waals surface area (Å²) in [5.74, 6) is 0.987. The van der Waals surface area contributed by atoms with Gasteiger partial charge in [0.05, 0.1) is 6.10 Å². The first-order chi connectivity index (χ1) is 10.6. The number of fused-ring (bicyclic) bond motifs is 1. The Bertz CT molecular complexity index is 574. The first kappa shape index (κ1) is 15.1. The number of aliphatic hydroxyl groups is 2. The molecule has 1 aromatic carbocycles. The lowest BCUT2D eigenvalue weighted by Gasteiger charge is -2.35. The molecule has 1 aromatic rings. The zero-order valence-electron chi connectivity index (χ0n) is 12.6. The lowest BCUT2D eigenvalue weighted by molar-refractivity contribution is 0.000822. The summed E-state index contributed by atoms with van der Waals surface area (Å²) in [6, 6.07) is 3.54. The third-order valence-corrected chi connectivity index (χ3v) is 4.36. The van der Waals surface area contributed by atoms with Crippen molar-refractivity contribution in [3.8, 4) is 11.5 Å². The monoisotopic (exact) mass is 307 g/mol. The fraction of sp³-hybridized carbons (Fsp3) is 0.562. The number of amides is 1. The number of β-amino-alcohol motifs (C(OH)–C–C–N with tert-alkyl or cyclic N) is 1. The van der Waals surface area contributed by atoms with Crippen LogP contribution in [0.3, 0.4) is 0 Å². The first-order valence-electron chi connectivity index (χ1n) is 7.58. The zero-order chi connectivity index (χ0) is 15.7. The standard InChI is InChI=1S/C16H21NO5/c1-10-6-14-15(22-5-4-21-14)7-12(10)16(20)17-3-2-11(9-18)13(19)8-17/h6-7,11,13,18-19H,2-5,8-9H2,1H3/t11-,13+/m1/s1. The number of likely N-dealkylation sites (tertiary alicyclic amines) is 1. The Hall–Kier alpha value is -1.79. The van der Waals surface area contributed by atoms with Crippen molar-refractivity contribution in [2.24, 2.45) is 5.92 Å². The Morgan fingerprint density at radius 1 is 1.32 bits per heavy atom. The van der Waals surface area contributed by atoms with Crippen molar-refractivity contribution in [2.45, 2.75) is 19.4 Å². The minimum absolute atomic E-state index is 0.0494. The van der Waals surface area contributed by atoms with E-state index in [1.54, 1.807) is 11.0 Å². The summed E-state index contributed by atoms with van der Waals surface area (Å²) in [6.07, 6.45) is -0.0762. The van der Waals surface area contributed by atoms with Crippen LogP contribution in [0.4, 0.5) is 0 Å². The number of nitrogens with zero attached hydrogens (tertiary/aromatic N) is 1. The van der Waals surface area contributed by atoms with E-state index in [2.05, 4.69) is 0 Å². The highest BCUT2D eigenvalue weighted by Gasteiger charge is 2.31. The molecule has 0 aliphatic carbocycles. The molecular weight excluding hydrogens is 286 g/mol. The SMILES string of the molecule is Cc1cc2c(cc1C(=O)N1CC[C@H](CO)[C@@H](O)C1)OCCO2. The van der Waals surface area contributed by atoms with Crippen LogP contribution in [0, 0.1) is 12.8 Å². The molecule has 3 rings (SSSR count). The van der Waals surface area contributed by atoms with E-state index < -0.39 is 6.10 Å². The third kappa shape index (κ3) is 2.76. The molecular formula is C16H21NO5. The lowest BCUT2D eigenvalue weighted by Crippen LogP contribution is -2.47. The molecule has 0 radical (unpaired) electrons. The van der Waals surface area contributed by atoms with Gasteiger partial charge in [-0.3, -0.25) is 4.79 Å². The topological polar surface area (TPSA) is 79.2 Å². The number of carbonyl (C=O) groups is 1. The molecule has 6 nitrogen and oxygen atoms in total. The molecule has 0 spiro atoms. The van der Waals surface area contributed by atoms with Crippen LogP contribution in [0.5, 0.6) is 11.5 Å². The van der Waals surface area contributed by atoms with Gasteiger partial charge in [-0.15, -0.1) is 0 Å². The van der Waals surface area contributed by atoms with Crippen molar-refractivity contribution in [3.05, 3.63) is 23.3 Å². The Balaban J connectivity index is 1.80. The van der Waals surface area contributed by atoms with Gasteiger partial charge in [0.2, 0.25) is 0 Å². The molecule has 6 heteroatoms. The molecule has 2 aliphatic heterocycles. The molecule has 0 bridgehead atoms. The molecule has 2 atom stereocenters. The Kier molecular flexibility index (Phi) is 4.22. The maximum atomic E-state index is 12.7. The molecule has 2 heterocycles. The largest absolute Gasteiger partial charge is 0.486 e. The van der Waals surface area contributed by atoms with Crippen LogP contribution in [0.1, 0.15) is 22.3 Å². The molecule has 22 heavy (non-hydrogen) atoms. The van der Waals surface area contributed by atoms with Crippen molar-refractivity contribution in [2.75, 3.05) is 32.9 Å². The van der Waals surface area contributed by atoms with Gasteiger partial charge in [-0.25, -0.2) is 0 Å². The molecule has 1 amide bonds. The van der Waals surface area contributed by atoms with Crippen LogP contribution >= 0.6 is 0 Å². The number of carbonyl (C=O) groups excluding carboxylic acids is 1. The van der Waals surface area contributed by atoms with Gasteiger partial charge in [0.1, 0.15) is 13.2 Å². The number of ether oxygens (including phenoxy) is 2. The zero-order valence-corrected chi connectivity index (χ0v) is 12.6. The van der Waals surface area contributed by atoms with Gasteiger partial charge < -0.3 is 24.6 Å². The van der Waals surface area contributed by atoms with Crippen LogP contribution in [0.25, 0.3) is 0 Å². The fourth-order valence-electron chi connectivity index (χ4n) is 2.97. The van der Waals surface area contributed by atoms with Gasteiger partial charge in [-0.2, -0.15) is 0 Å². The summed E-state index contributed by atoms with van der Waals surface area (Å²) < 4.78 is 11.0. The summed E-state index contributed by atoms with van der Waals surface area (Å²) >= 11 is 0. The maximum absolute atomic E-state index is 12.7. The summed E-state index contributed by atoms with van der Waals surface area (Å²) in [5, 5.41) is 19.2. The number of piperidine rings is 1. The number of aryl methyl sites for hydroxylation is 1. The van der Waals surface area contributed by atoms with Crippen LogP contribution in [-0.2, 0) is 0 Å². The first-order valence-corrected chi connectivity index (χ1v) is 7.58. The van der Waals surface area contributed by atoms with E-state index in [1.165, 1.54) is 0 Å². The predicted octanol–water partition coefficient (Wildman–Crippen LogP) is 0.582. The van der Waals surface area contributed by atoms with E-state index >= 15 is 0 Å². The van der Waals surface area contributed by atoms with Gasteiger partial charge in [0.15, 0.2) is 11.5 Å². The van der Waals surface area contributed by atoms with Gasteiger partial charge in [0.25, 0.3) is 5.91 Å². The van der Waals surface area contributed by atoms with Crippen molar-refractivity contribution < 1.29 is 24.5 Å². The van der Waals surface area contributed by atoms with Crippen molar-refractivity contribution in [1.82, 2.24) is 4.90 Å².